The van der Waals surface area contributed by atoms with E-state index in [4.69, 9.17) is 4.74 Å². The second-order valence-corrected chi connectivity index (χ2v) is 7.10. The summed E-state index contributed by atoms with van der Waals surface area (Å²) in [4.78, 5) is 0. The fourth-order valence-electron chi connectivity index (χ4n) is 2.93. The van der Waals surface area contributed by atoms with E-state index >= 15 is 0 Å². The lowest BCUT2D eigenvalue weighted by Gasteiger charge is -2.15. The molecule has 0 aromatic heterocycles. The minimum atomic E-state index is 0.505. The Labute approximate surface area is 142 Å². The predicted octanol–water partition coefficient (Wildman–Crippen LogP) is 4.48. The summed E-state index contributed by atoms with van der Waals surface area (Å²) in [5, 5.41) is 3.65. The van der Waals surface area contributed by atoms with Gasteiger partial charge >= 0.3 is 0 Å². The second kappa shape index (κ2) is 6.51. The van der Waals surface area contributed by atoms with Crippen LogP contribution in [0.15, 0.2) is 45.3 Å². The average Bonchev–Trinajstić information content (AvgIpc) is 2.87. The van der Waals surface area contributed by atoms with Crippen molar-refractivity contribution in [2.45, 2.75) is 25.4 Å². The van der Waals surface area contributed by atoms with Gasteiger partial charge in [-0.3, -0.25) is 0 Å². The van der Waals surface area contributed by atoms with Crippen molar-refractivity contribution >= 4 is 31.9 Å². The first-order valence-electron chi connectivity index (χ1n) is 6.99. The zero-order chi connectivity index (χ0) is 14.8. The molecule has 0 amide bonds. The van der Waals surface area contributed by atoms with Crippen LogP contribution in [-0.2, 0) is 19.4 Å². The largest absolute Gasteiger partial charge is 0.495 e. The molecule has 0 saturated heterocycles. The van der Waals surface area contributed by atoms with E-state index < -0.39 is 0 Å². The number of methoxy groups -OCH3 is 1. The highest BCUT2D eigenvalue weighted by molar-refractivity contribution is 9.11. The number of halogens is 2. The quantitative estimate of drug-likeness (QED) is 0.802. The van der Waals surface area contributed by atoms with E-state index in [9.17, 15) is 0 Å². The van der Waals surface area contributed by atoms with Gasteiger partial charge in [-0.1, -0.05) is 40.2 Å². The van der Waals surface area contributed by atoms with Crippen molar-refractivity contribution in [1.82, 2.24) is 5.32 Å². The first-order valence-corrected chi connectivity index (χ1v) is 8.58. The van der Waals surface area contributed by atoms with E-state index in [1.54, 1.807) is 7.11 Å². The van der Waals surface area contributed by atoms with Gasteiger partial charge in [-0.05, 0) is 52.0 Å². The Balaban J connectivity index is 1.70. The maximum Gasteiger partial charge on any atom is 0.137 e. The Hall–Kier alpha value is -0.840. The highest BCUT2D eigenvalue weighted by Crippen LogP contribution is 2.33. The van der Waals surface area contributed by atoms with Gasteiger partial charge in [-0.25, -0.2) is 0 Å². The zero-order valence-electron chi connectivity index (χ0n) is 11.8. The normalized spacial score (nSPS) is 14.2. The van der Waals surface area contributed by atoms with Crippen LogP contribution in [0.5, 0.6) is 5.75 Å². The van der Waals surface area contributed by atoms with Gasteiger partial charge in [-0.15, -0.1) is 0 Å². The van der Waals surface area contributed by atoms with Gasteiger partial charge in [0.05, 0.1) is 11.6 Å². The van der Waals surface area contributed by atoms with Crippen molar-refractivity contribution in [3.8, 4) is 5.75 Å². The molecule has 1 aliphatic carbocycles. The van der Waals surface area contributed by atoms with Gasteiger partial charge in [0.1, 0.15) is 5.75 Å². The van der Waals surface area contributed by atoms with Crippen LogP contribution < -0.4 is 10.1 Å². The first kappa shape index (κ1) is 15.1. The molecule has 2 aromatic rings. The number of hydrogen-bond donors (Lipinski definition) is 1. The summed E-state index contributed by atoms with van der Waals surface area (Å²) in [7, 11) is 1.71. The molecule has 0 aliphatic heterocycles. The highest BCUT2D eigenvalue weighted by atomic mass is 79.9. The van der Waals surface area contributed by atoms with Crippen LogP contribution in [0, 0.1) is 0 Å². The van der Waals surface area contributed by atoms with Gasteiger partial charge < -0.3 is 10.1 Å². The van der Waals surface area contributed by atoms with Gasteiger partial charge in [-0.2, -0.15) is 0 Å². The standard InChI is InChI=1S/C17H17Br2NO/c1-21-17-13(6-14(18)9-16(17)19)10-20-15-7-11-4-2-3-5-12(11)8-15/h2-6,9,15,20H,7-8,10H2,1H3. The summed E-state index contributed by atoms with van der Waals surface area (Å²) in [6.07, 6.45) is 2.21. The van der Waals surface area contributed by atoms with E-state index in [1.807, 2.05) is 6.07 Å². The monoisotopic (exact) mass is 409 g/mol. The third-order valence-electron chi connectivity index (χ3n) is 3.92. The summed E-state index contributed by atoms with van der Waals surface area (Å²) < 4.78 is 7.54. The van der Waals surface area contributed by atoms with Gasteiger partial charge in [0.15, 0.2) is 0 Å². The highest BCUT2D eigenvalue weighted by Gasteiger charge is 2.20. The summed E-state index contributed by atoms with van der Waals surface area (Å²) in [6, 6.07) is 13.3. The summed E-state index contributed by atoms with van der Waals surface area (Å²) in [5.74, 6) is 0.904. The molecule has 21 heavy (non-hydrogen) atoms. The molecular weight excluding hydrogens is 394 g/mol. The van der Waals surface area contributed by atoms with Crippen molar-refractivity contribution in [1.29, 1.82) is 0 Å². The lowest BCUT2D eigenvalue weighted by atomic mass is 10.1. The second-order valence-electron chi connectivity index (χ2n) is 5.33. The van der Waals surface area contributed by atoms with Crippen molar-refractivity contribution in [2.24, 2.45) is 0 Å². The predicted molar refractivity (Wildman–Crippen MR) is 92.9 cm³/mol. The zero-order valence-corrected chi connectivity index (χ0v) is 15.0. The fraction of sp³-hybridized carbons (Fsp3) is 0.294. The van der Waals surface area contributed by atoms with Crippen molar-refractivity contribution < 1.29 is 4.74 Å². The van der Waals surface area contributed by atoms with E-state index in [1.165, 1.54) is 11.1 Å². The number of rotatable bonds is 4. The number of benzene rings is 2. The molecule has 3 rings (SSSR count). The van der Waals surface area contributed by atoms with Crippen LogP contribution in [0.2, 0.25) is 0 Å². The van der Waals surface area contributed by atoms with Crippen LogP contribution in [0.1, 0.15) is 16.7 Å². The molecule has 0 spiro atoms. The molecule has 0 fully saturated rings. The smallest absolute Gasteiger partial charge is 0.137 e. The van der Waals surface area contributed by atoms with E-state index in [-0.39, 0.29) is 0 Å². The molecule has 2 nitrogen and oxygen atoms in total. The lowest BCUT2D eigenvalue weighted by Crippen LogP contribution is -2.29. The van der Waals surface area contributed by atoms with Crippen molar-refractivity contribution in [2.75, 3.05) is 7.11 Å². The molecule has 4 heteroatoms. The Morgan fingerprint density at radius 1 is 1.14 bits per heavy atom. The van der Waals surface area contributed by atoms with Gasteiger partial charge in [0.2, 0.25) is 0 Å². The Morgan fingerprint density at radius 3 is 2.43 bits per heavy atom. The molecule has 1 aliphatic rings. The first-order chi connectivity index (χ1) is 10.2. The Morgan fingerprint density at radius 2 is 1.81 bits per heavy atom. The van der Waals surface area contributed by atoms with Crippen LogP contribution in [0.3, 0.4) is 0 Å². The molecular formula is C17H17Br2NO. The third kappa shape index (κ3) is 3.33. The molecule has 0 atom stereocenters. The van der Waals surface area contributed by atoms with Gasteiger partial charge in [0.25, 0.3) is 0 Å². The maximum atomic E-state index is 5.50. The van der Waals surface area contributed by atoms with Crippen molar-refractivity contribution in [3.05, 3.63) is 62.0 Å². The van der Waals surface area contributed by atoms with Crippen LogP contribution in [0.4, 0.5) is 0 Å². The number of hydrogen-bond acceptors (Lipinski definition) is 2. The fourth-order valence-corrected chi connectivity index (χ4v) is 4.41. The minimum Gasteiger partial charge on any atom is -0.495 e. The number of nitrogens with one attached hydrogen (secondary N) is 1. The maximum absolute atomic E-state index is 5.50. The van der Waals surface area contributed by atoms with Crippen LogP contribution in [0.25, 0.3) is 0 Å². The molecule has 110 valence electrons. The number of fused-ring (bicyclic) bond motifs is 1. The van der Waals surface area contributed by atoms with Gasteiger partial charge in [0, 0.05) is 22.6 Å². The molecule has 1 N–H and O–H groups in total. The Kier molecular flexibility index (Phi) is 4.67. The molecule has 0 saturated carbocycles. The molecule has 2 aromatic carbocycles. The number of ether oxygens (including phenoxy) is 1. The van der Waals surface area contributed by atoms with E-state index in [0.29, 0.717) is 6.04 Å². The topological polar surface area (TPSA) is 21.3 Å². The molecule has 0 bridgehead atoms. The summed E-state index contributed by atoms with van der Waals surface area (Å²) in [6.45, 7) is 0.805. The molecule has 0 heterocycles. The molecule has 0 unspecified atom stereocenters. The SMILES string of the molecule is COc1c(Br)cc(Br)cc1CNC1Cc2ccccc2C1. The minimum absolute atomic E-state index is 0.505. The van der Waals surface area contributed by atoms with E-state index in [0.717, 1.165) is 39.6 Å². The lowest BCUT2D eigenvalue weighted by molar-refractivity contribution is 0.402. The summed E-state index contributed by atoms with van der Waals surface area (Å²) in [5.41, 5.74) is 4.10. The van der Waals surface area contributed by atoms with Crippen molar-refractivity contribution in [3.63, 3.8) is 0 Å². The Bertz CT molecular complexity index is 632. The average molecular weight is 411 g/mol. The van der Waals surface area contributed by atoms with E-state index in [2.05, 4.69) is 67.5 Å². The summed E-state index contributed by atoms with van der Waals surface area (Å²) >= 11 is 7.09. The molecule has 0 radical (unpaired) electrons. The third-order valence-corrected chi connectivity index (χ3v) is 4.97. The van der Waals surface area contributed by atoms with Crippen LogP contribution >= 0.6 is 31.9 Å². The van der Waals surface area contributed by atoms with Crippen LogP contribution in [-0.4, -0.2) is 13.2 Å².